The van der Waals surface area contributed by atoms with Crippen LogP contribution >= 0.6 is 23.2 Å². The van der Waals surface area contributed by atoms with Crippen LogP contribution in [0.25, 0.3) is 0 Å². The summed E-state index contributed by atoms with van der Waals surface area (Å²) in [6, 6.07) is 1.34. The van der Waals surface area contributed by atoms with Crippen LogP contribution in [0.1, 0.15) is 43.6 Å². The molecule has 27 heavy (non-hydrogen) atoms. The Morgan fingerprint density at radius 3 is 2.56 bits per heavy atom. The Hall–Kier alpha value is -1.93. The van der Waals surface area contributed by atoms with Gasteiger partial charge >= 0.3 is 19.4 Å². The monoisotopic (exact) mass is 415 g/mol. The molecule has 0 saturated heterocycles. The third-order valence-electron chi connectivity index (χ3n) is 3.76. The SMILES string of the molecule is CC(=O)NC1BOc2c(C(=O)OCOC(=O)C(C)(C)C)cc(Cl)c(Cl)c2C1. The lowest BCUT2D eigenvalue weighted by molar-refractivity contribution is -0.161. The number of nitrogens with one attached hydrogen (secondary N) is 1. The first-order valence-corrected chi connectivity index (χ1v) is 9.01. The van der Waals surface area contributed by atoms with Gasteiger partial charge in [0.15, 0.2) is 0 Å². The van der Waals surface area contributed by atoms with E-state index in [0.29, 0.717) is 12.0 Å². The van der Waals surface area contributed by atoms with Gasteiger partial charge in [0.25, 0.3) is 0 Å². The Morgan fingerprint density at radius 2 is 1.96 bits per heavy atom. The number of carbonyl (C=O) groups excluding carboxylic acids is 3. The summed E-state index contributed by atoms with van der Waals surface area (Å²) in [6.45, 7) is 5.93. The standard InChI is InChI=1S/C17H20BCl2NO6/c1-8(22)21-12-6-9-13(20)11(19)5-10(14(9)27-18-12)15(23)25-7-26-16(24)17(2,3)4/h5,12,18H,6-7H2,1-4H3,(H,21,22). The van der Waals surface area contributed by atoms with Crippen LogP contribution in [0.3, 0.4) is 0 Å². The van der Waals surface area contributed by atoms with E-state index in [2.05, 4.69) is 5.32 Å². The Kier molecular flexibility index (Phi) is 6.65. The minimum atomic E-state index is -0.760. The molecule has 0 aromatic heterocycles. The molecule has 1 aliphatic rings. The molecule has 0 radical (unpaired) electrons. The number of hydrogen-bond acceptors (Lipinski definition) is 6. The molecule has 1 heterocycles. The molecular formula is C17H20BCl2NO6. The Bertz CT molecular complexity index is 778. The number of amides is 1. The highest BCUT2D eigenvalue weighted by atomic mass is 35.5. The lowest BCUT2D eigenvalue weighted by Gasteiger charge is -2.27. The number of carbonyl (C=O) groups is 3. The van der Waals surface area contributed by atoms with E-state index in [4.69, 9.17) is 37.3 Å². The van der Waals surface area contributed by atoms with Crippen molar-refractivity contribution in [1.29, 1.82) is 0 Å². The van der Waals surface area contributed by atoms with Crippen molar-refractivity contribution in [2.75, 3.05) is 6.79 Å². The lowest BCUT2D eigenvalue weighted by Crippen LogP contribution is -2.44. The van der Waals surface area contributed by atoms with E-state index in [-0.39, 0.29) is 40.7 Å². The van der Waals surface area contributed by atoms with Crippen LogP contribution in [0, 0.1) is 5.41 Å². The Morgan fingerprint density at radius 1 is 1.30 bits per heavy atom. The summed E-state index contributed by atoms with van der Waals surface area (Å²) in [5.41, 5.74) is -0.128. The fourth-order valence-corrected chi connectivity index (χ4v) is 2.90. The first-order chi connectivity index (χ1) is 12.5. The summed E-state index contributed by atoms with van der Waals surface area (Å²) < 4.78 is 15.6. The van der Waals surface area contributed by atoms with Crippen molar-refractivity contribution in [3.05, 3.63) is 27.2 Å². The van der Waals surface area contributed by atoms with Crippen molar-refractivity contribution in [3.8, 4) is 5.75 Å². The number of hydrogen-bond donors (Lipinski definition) is 1. The summed E-state index contributed by atoms with van der Waals surface area (Å²) >= 11 is 12.4. The van der Waals surface area contributed by atoms with E-state index in [1.54, 1.807) is 20.8 Å². The summed E-state index contributed by atoms with van der Waals surface area (Å²) in [4.78, 5) is 35.4. The van der Waals surface area contributed by atoms with Gasteiger partial charge in [0.05, 0.1) is 15.5 Å². The molecule has 1 aromatic carbocycles. The average Bonchev–Trinajstić information content (AvgIpc) is 2.56. The van der Waals surface area contributed by atoms with Crippen LogP contribution in [0.15, 0.2) is 6.07 Å². The molecule has 1 N–H and O–H groups in total. The smallest absolute Gasteiger partial charge is 0.363 e. The predicted octanol–water partition coefficient (Wildman–Crippen LogP) is 2.45. The van der Waals surface area contributed by atoms with Gasteiger partial charge in [-0.15, -0.1) is 0 Å². The number of esters is 2. The molecule has 1 amide bonds. The third-order valence-corrected chi connectivity index (χ3v) is 4.59. The second-order valence-electron chi connectivity index (χ2n) is 7.17. The zero-order valence-corrected chi connectivity index (χ0v) is 17.0. The van der Waals surface area contributed by atoms with Gasteiger partial charge in [0.2, 0.25) is 12.7 Å². The van der Waals surface area contributed by atoms with Crippen LogP contribution in [0.5, 0.6) is 5.75 Å². The third kappa shape index (κ3) is 5.29. The molecule has 1 aromatic rings. The fourth-order valence-electron chi connectivity index (χ4n) is 2.46. The largest absolute Gasteiger partial charge is 0.561 e. The van der Waals surface area contributed by atoms with Crippen molar-refractivity contribution in [3.63, 3.8) is 0 Å². The number of halogens is 2. The quantitative estimate of drug-likeness (QED) is 0.461. The molecule has 0 bridgehead atoms. The van der Waals surface area contributed by atoms with Gasteiger partial charge in [0.1, 0.15) is 11.3 Å². The van der Waals surface area contributed by atoms with Crippen molar-refractivity contribution in [1.82, 2.24) is 5.32 Å². The first kappa shape index (κ1) is 21.4. The summed E-state index contributed by atoms with van der Waals surface area (Å²) in [7, 11) is 0.170. The highest BCUT2D eigenvalue weighted by Gasteiger charge is 2.31. The maximum Gasteiger partial charge on any atom is 0.363 e. The first-order valence-electron chi connectivity index (χ1n) is 8.25. The van der Waals surface area contributed by atoms with E-state index in [0.717, 1.165) is 0 Å². The maximum absolute atomic E-state index is 12.4. The molecule has 0 saturated carbocycles. The van der Waals surface area contributed by atoms with E-state index in [1.165, 1.54) is 13.0 Å². The fraction of sp³-hybridized carbons (Fsp3) is 0.471. The Labute approximate surface area is 167 Å². The summed E-state index contributed by atoms with van der Waals surface area (Å²) in [5, 5.41) is 3.14. The van der Waals surface area contributed by atoms with Crippen molar-refractivity contribution in [2.45, 2.75) is 40.1 Å². The molecule has 10 heteroatoms. The molecule has 0 aliphatic carbocycles. The molecule has 1 unspecified atom stereocenters. The maximum atomic E-state index is 12.4. The molecule has 2 rings (SSSR count). The predicted molar refractivity (Wildman–Crippen MR) is 101 cm³/mol. The molecule has 1 atom stereocenters. The van der Waals surface area contributed by atoms with E-state index >= 15 is 0 Å². The van der Waals surface area contributed by atoms with Crippen molar-refractivity contribution >= 4 is 48.5 Å². The second-order valence-corrected chi connectivity index (χ2v) is 7.96. The molecule has 146 valence electrons. The van der Waals surface area contributed by atoms with E-state index in [9.17, 15) is 14.4 Å². The van der Waals surface area contributed by atoms with Gasteiger partial charge in [0, 0.05) is 18.4 Å². The molecular weight excluding hydrogens is 396 g/mol. The normalized spacial score (nSPS) is 15.7. The van der Waals surface area contributed by atoms with Gasteiger partial charge < -0.3 is 19.4 Å². The van der Waals surface area contributed by atoms with Gasteiger partial charge in [-0.25, -0.2) is 4.79 Å². The van der Waals surface area contributed by atoms with E-state index < -0.39 is 24.1 Å². The summed E-state index contributed by atoms with van der Waals surface area (Å²) in [6.07, 6.45) is 0.355. The van der Waals surface area contributed by atoms with Crippen LogP contribution in [-0.2, 0) is 25.5 Å². The van der Waals surface area contributed by atoms with Gasteiger partial charge in [-0.1, -0.05) is 23.2 Å². The van der Waals surface area contributed by atoms with Gasteiger partial charge in [-0.2, -0.15) is 0 Å². The number of rotatable bonds is 4. The average molecular weight is 416 g/mol. The highest BCUT2D eigenvalue weighted by Crippen LogP contribution is 2.39. The van der Waals surface area contributed by atoms with E-state index in [1.807, 2.05) is 0 Å². The van der Waals surface area contributed by atoms with Gasteiger partial charge in [-0.3, -0.25) is 9.59 Å². The van der Waals surface area contributed by atoms with Crippen molar-refractivity contribution in [2.24, 2.45) is 5.41 Å². The van der Waals surface area contributed by atoms with Crippen LogP contribution in [-0.4, -0.2) is 38.1 Å². The topological polar surface area (TPSA) is 90.9 Å². The number of fused-ring (bicyclic) bond motifs is 1. The van der Waals surface area contributed by atoms with Crippen LogP contribution in [0.4, 0.5) is 0 Å². The zero-order valence-electron chi connectivity index (χ0n) is 15.5. The minimum absolute atomic E-state index is 0.0764. The second kappa shape index (κ2) is 8.40. The van der Waals surface area contributed by atoms with Gasteiger partial charge in [-0.05, 0) is 33.3 Å². The number of ether oxygens (including phenoxy) is 2. The van der Waals surface area contributed by atoms with Crippen LogP contribution in [0.2, 0.25) is 10.0 Å². The molecule has 1 aliphatic heterocycles. The zero-order chi connectivity index (χ0) is 20.4. The highest BCUT2D eigenvalue weighted by molar-refractivity contribution is 6.43. The Balaban J connectivity index is 2.16. The number of benzene rings is 1. The van der Waals surface area contributed by atoms with Crippen LogP contribution < -0.4 is 9.97 Å². The molecule has 0 spiro atoms. The van der Waals surface area contributed by atoms with Crippen molar-refractivity contribution < 1.29 is 28.5 Å². The summed E-state index contributed by atoms with van der Waals surface area (Å²) in [5.74, 6) is -1.50. The molecule has 0 fully saturated rings. The molecule has 7 nitrogen and oxygen atoms in total. The lowest BCUT2D eigenvalue weighted by atomic mass is 9.79. The minimum Gasteiger partial charge on any atom is -0.561 e.